The molecule has 0 aliphatic rings. The molecule has 0 aliphatic carbocycles. The highest BCUT2D eigenvalue weighted by atomic mass is 32.1. The molecular weight excluding hydrogens is 253 g/mol. The second-order valence-electron chi connectivity index (χ2n) is 4.11. The average molecular weight is 267 g/mol. The second-order valence-corrected chi connectivity index (χ2v) is 4.49. The molecule has 6 heteroatoms. The zero-order valence-electron chi connectivity index (χ0n) is 10.2. The van der Waals surface area contributed by atoms with Gasteiger partial charge in [-0.2, -0.15) is 0 Å². The number of hydrogen-bond donors (Lipinski definition) is 2. The van der Waals surface area contributed by atoms with Gasteiger partial charge in [-0.15, -0.1) is 0 Å². The SMILES string of the molecule is COc1ccc(F)cc1C(C)Cc1nc(=S)[nH][nH]1. The Bertz CT molecular complexity index is 593. The summed E-state index contributed by atoms with van der Waals surface area (Å²) in [6.45, 7) is 1.99. The Morgan fingerprint density at radius 2 is 2.22 bits per heavy atom. The first kappa shape index (κ1) is 12.8. The Balaban J connectivity index is 2.25. The Labute approximate surface area is 109 Å². The number of rotatable bonds is 4. The number of nitrogens with one attached hydrogen (secondary N) is 2. The second kappa shape index (κ2) is 5.30. The van der Waals surface area contributed by atoms with E-state index in [2.05, 4.69) is 15.2 Å². The minimum Gasteiger partial charge on any atom is -0.496 e. The fourth-order valence-electron chi connectivity index (χ4n) is 1.89. The van der Waals surface area contributed by atoms with Crippen molar-refractivity contribution in [3.8, 4) is 5.75 Å². The van der Waals surface area contributed by atoms with Crippen molar-refractivity contribution in [3.05, 3.63) is 40.2 Å². The zero-order chi connectivity index (χ0) is 13.1. The Kier molecular flexibility index (Phi) is 3.76. The molecule has 2 rings (SSSR count). The van der Waals surface area contributed by atoms with E-state index in [1.807, 2.05) is 6.92 Å². The minimum atomic E-state index is -0.271. The van der Waals surface area contributed by atoms with E-state index in [4.69, 9.17) is 17.0 Å². The van der Waals surface area contributed by atoms with Crippen molar-refractivity contribution in [2.45, 2.75) is 19.3 Å². The Morgan fingerprint density at radius 3 is 2.83 bits per heavy atom. The Hall–Kier alpha value is -1.69. The summed E-state index contributed by atoms with van der Waals surface area (Å²) in [7, 11) is 1.57. The van der Waals surface area contributed by atoms with E-state index in [9.17, 15) is 4.39 Å². The summed E-state index contributed by atoms with van der Waals surface area (Å²) in [5.41, 5.74) is 0.819. The lowest BCUT2D eigenvalue weighted by Gasteiger charge is -2.14. The summed E-state index contributed by atoms with van der Waals surface area (Å²) in [6, 6.07) is 4.51. The number of aromatic amines is 2. The molecule has 1 aromatic heterocycles. The van der Waals surface area contributed by atoms with Gasteiger partial charge in [-0.3, -0.25) is 10.2 Å². The van der Waals surface area contributed by atoms with Gasteiger partial charge in [-0.1, -0.05) is 6.92 Å². The fraction of sp³-hybridized carbons (Fsp3) is 0.333. The summed E-state index contributed by atoms with van der Waals surface area (Å²) in [5, 5.41) is 5.62. The number of hydrogen-bond acceptors (Lipinski definition) is 3. The number of H-pyrrole nitrogens is 2. The molecule has 2 aromatic rings. The monoisotopic (exact) mass is 267 g/mol. The zero-order valence-corrected chi connectivity index (χ0v) is 11.0. The first-order chi connectivity index (χ1) is 8.60. The van der Waals surface area contributed by atoms with E-state index in [-0.39, 0.29) is 11.7 Å². The van der Waals surface area contributed by atoms with Crippen molar-refractivity contribution in [2.24, 2.45) is 0 Å². The lowest BCUT2D eigenvalue weighted by molar-refractivity contribution is 0.404. The topological polar surface area (TPSA) is 53.7 Å². The number of nitrogens with zero attached hydrogens (tertiary/aromatic N) is 1. The molecule has 2 N–H and O–H groups in total. The number of methoxy groups -OCH3 is 1. The fourth-order valence-corrected chi connectivity index (χ4v) is 2.05. The van der Waals surface area contributed by atoms with Crippen LogP contribution in [0.15, 0.2) is 18.2 Å². The van der Waals surface area contributed by atoms with Crippen LogP contribution in [0, 0.1) is 10.6 Å². The van der Waals surface area contributed by atoms with E-state index in [0.717, 1.165) is 11.4 Å². The van der Waals surface area contributed by atoms with Gasteiger partial charge in [-0.25, -0.2) is 9.37 Å². The highest BCUT2D eigenvalue weighted by Crippen LogP contribution is 2.29. The van der Waals surface area contributed by atoms with Crippen LogP contribution < -0.4 is 4.74 Å². The van der Waals surface area contributed by atoms with Crippen molar-refractivity contribution in [1.82, 2.24) is 15.2 Å². The van der Waals surface area contributed by atoms with Gasteiger partial charge in [0.15, 0.2) is 0 Å². The summed E-state index contributed by atoms with van der Waals surface area (Å²) in [4.78, 5) is 4.12. The normalized spacial score (nSPS) is 12.4. The standard InChI is InChI=1S/C12H14FN3OS/c1-7(5-11-14-12(18)16-15-11)9-6-8(13)3-4-10(9)17-2/h3-4,6-7H,5H2,1-2H3,(H2,14,15,16,18). The number of halogens is 1. The highest BCUT2D eigenvalue weighted by Gasteiger charge is 2.14. The van der Waals surface area contributed by atoms with Crippen molar-refractivity contribution < 1.29 is 9.13 Å². The molecule has 0 saturated heterocycles. The van der Waals surface area contributed by atoms with Crippen molar-refractivity contribution in [3.63, 3.8) is 0 Å². The van der Waals surface area contributed by atoms with Gasteiger partial charge in [0.1, 0.15) is 17.4 Å². The van der Waals surface area contributed by atoms with Crippen molar-refractivity contribution >= 4 is 12.2 Å². The van der Waals surface area contributed by atoms with Crippen LogP contribution in [-0.4, -0.2) is 22.3 Å². The number of benzene rings is 1. The lowest BCUT2D eigenvalue weighted by atomic mass is 9.96. The summed E-state index contributed by atoms with van der Waals surface area (Å²) in [6.07, 6.45) is 0.632. The van der Waals surface area contributed by atoms with Crippen LogP contribution in [-0.2, 0) is 6.42 Å². The van der Waals surface area contributed by atoms with Crippen LogP contribution in [0.3, 0.4) is 0 Å². The third-order valence-corrected chi connectivity index (χ3v) is 2.97. The molecule has 0 saturated carbocycles. The molecule has 0 fully saturated rings. The van der Waals surface area contributed by atoms with Crippen LogP contribution in [0.5, 0.6) is 5.75 Å². The van der Waals surface area contributed by atoms with Gasteiger partial charge >= 0.3 is 0 Å². The molecule has 4 nitrogen and oxygen atoms in total. The number of ether oxygens (including phenoxy) is 1. The third kappa shape index (κ3) is 2.76. The number of aromatic nitrogens is 3. The third-order valence-electron chi connectivity index (χ3n) is 2.77. The van der Waals surface area contributed by atoms with Gasteiger partial charge in [0.25, 0.3) is 0 Å². The molecule has 18 heavy (non-hydrogen) atoms. The molecule has 0 spiro atoms. The maximum Gasteiger partial charge on any atom is 0.213 e. The first-order valence-corrected chi connectivity index (χ1v) is 5.98. The molecule has 96 valence electrons. The molecule has 1 aromatic carbocycles. The molecule has 0 bridgehead atoms. The van der Waals surface area contributed by atoms with Crippen LogP contribution in [0.4, 0.5) is 4.39 Å². The van der Waals surface area contributed by atoms with E-state index in [1.54, 1.807) is 13.2 Å². The maximum absolute atomic E-state index is 13.3. The summed E-state index contributed by atoms with van der Waals surface area (Å²) < 4.78 is 18.9. The molecule has 1 atom stereocenters. The van der Waals surface area contributed by atoms with E-state index < -0.39 is 0 Å². The van der Waals surface area contributed by atoms with Crippen molar-refractivity contribution in [2.75, 3.05) is 7.11 Å². The first-order valence-electron chi connectivity index (χ1n) is 5.57. The molecule has 0 radical (unpaired) electrons. The maximum atomic E-state index is 13.3. The van der Waals surface area contributed by atoms with Gasteiger partial charge in [0.05, 0.1) is 7.11 Å². The minimum absolute atomic E-state index is 0.0737. The predicted octanol–water partition coefficient (Wildman–Crippen LogP) is 2.96. The van der Waals surface area contributed by atoms with Gasteiger partial charge in [0.2, 0.25) is 4.77 Å². The predicted molar refractivity (Wildman–Crippen MR) is 68.8 cm³/mol. The average Bonchev–Trinajstić information content (AvgIpc) is 2.74. The highest BCUT2D eigenvalue weighted by molar-refractivity contribution is 7.71. The molecule has 0 amide bonds. The lowest BCUT2D eigenvalue weighted by Crippen LogP contribution is -2.03. The molecule has 0 aliphatic heterocycles. The summed E-state index contributed by atoms with van der Waals surface area (Å²) >= 11 is 4.89. The quantitative estimate of drug-likeness (QED) is 0.837. The molecular formula is C12H14FN3OS. The van der Waals surface area contributed by atoms with E-state index in [1.165, 1.54) is 12.1 Å². The van der Waals surface area contributed by atoms with Crippen molar-refractivity contribution in [1.29, 1.82) is 0 Å². The smallest absolute Gasteiger partial charge is 0.213 e. The Morgan fingerprint density at radius 1 is 1.44 bits per heavy atom. The van der Waals surface area contributed by atoms with Crippen LogP contribution in [0.2, 0.25) is 0 Å². The van der Waals surface area contributed by atoms with Gasteiger partial charge < -0.3 is 4.74 Å². The van der Waals surface area contributed by atoms with Gasteiger partial charge in [0, 0.05) is 12.0 Å². The van der Waals surface area contributed by atoms with E-state index in [0.29, 0.717) is 16.9 Å². The summed E-state index contributed by atoms with van der Waals surface area (Å²) in [5.74, 6) is 1.23. The largest absolute Gasteiger partial charge is 0.496 e. The van der Waals surface area contributed by atoms with Crippen LogP contribution >= 0.6 is 12.2 Å². The van der Waals surface area contributed by atoms with Gasteiger partial charge in [-0.05, 0) is 36.3 Å². The van der Waals surface area contributed by atoms with E-state index >= 15 is 0 Å². The molecule has 1 unspecified atom stereocenters. The van der Waals surface area contributed by atoms with Crippen LogP contribution in [0.1, 0.15) is 24.2 Å². The van der Waals surface area contributed by atoms with Crippen LogP contribution in [0.25, 0.3) is 0 Å². The molecule has 1 heterocycles.